The molecule has 0 aromatic heterocycles. The van der Waals surface area contributed by atoms with Crippen molar-refractivity contribution in [3.63, 3.8) is 0 Å². The van der Waals surface area contributed by atoms with Crippen molar-refractivity contribution in [2.24, 2.45) is 4.99 Å². The number of thioether (sulfide) groups is 1. The number of isocyanates is 1. The summed E-state index contributed by atoms with van der Waals surface area (Å²) in [6.07, 6.45) is 3.93. The molecule has 0 spiro atoms. The van der Waals surface area contributed by atoms with Crippen LogP contribution < -0.4 is 4.74 Å². The maximum absolute atomic E-state index is 10.3. The number of ether oxygens (including phenoxy) is 1. The van der Waals surface area contributed by atoms with Crippen LogP contribution >= 0.6 is 11.8 Å². The van der Waals surface area contributed by atoms with Crippen molar-refractivity contribution in [1.82, 2.24) is 0 Å². The average molecular weight is 235 g/mol. The van der Waals surface area contributed by atoms with Gasteiger partial charge in [0, 0.05) is 0 Å². The number of para-hydroxylation sites is 2. The summed E-state index contributed by atoms with van der Waals surface area (Å²) in [6.45, 7) is 0. The Morgan fingerprint density at radius 2 is 2.06 bits per heavy atom. The SMILES string of the molecule is O=C=Nc1ccccc1OC1CCSCC1. The molecule has 1 aromatic rings. The zero-order chi connectivity index (χ0) is 11.2. The summed E-state index contributed by atoms with van der Waals surface area (Å²) in [7, 11) is 0. The smallest absolute Gasteiger partial charge is 0.240 e. The van der Waals surface area contributed by atoms with Crippen LogP contribution in [0, 0.1) is 0 Å². The standard InChI is InChI=1S/C12H13NO2S/c14-9-13-11-3-1-2-4-12(11)15-10-5-7-16-8-6-10/h1-4,10H,5-8H2. The molecule has 0 amide bonds. The van der Waals surface area contributed by atoms with Gasteiger partial charge >= 0.3 is 0 Å². The van der Waals surface area contributed by atoms with Crippen LogP contribution in [0.25, 0.3) is 0 Å². The maximum atomic E-state index is 10.3. The van der Waals surface area contributed by atoms with Crippen LogP contribution in [-0.2, 0) is 4.79 Å². The van der Waals surface area contributed by atoms with Gasteiger partial charge in [0.1, 0.15) is 17.5 Å². The minimum Gasteiger partial charge on any atom is -0.488 e. The van der Waals surface area contributed by atoms with Gasteiger partial charge in [0.2, 0.25) is 6.08 Å². The molecule has 1 aliphatic rings. The molecule has 1 heterocycles. The third kappa shape index (κ3) is 2.87. The minimum atomic E-state index is 0.254. The van der Waals surface area contributed by atoms with Crippen LogP contribution in [0.2, 0.25) is 0 Å². The van der Waals surface area contributed by atoms with Crippen LogP contribution in [0.4, 0.5) is 5.69 Å². The summed E-state index contributed by atoms with van der Waals surface area (Å²) in [4.78, 5) is 13.9. The van der Waals surface area contributed by atoms with E-state index in [4.69, 9.17) is 4.74 Å². The number of benzene rings is 1. The minimum absolute atomic E-state index is 0.254. The molecular weight excluding hydrogens is 222 g/mol. The van der Waals surface area contributed by atoms with Gasteiger partial charge in [0.25, 0.3) is 0 Å². The Morgan fingerprint density at radius 3 is 2.81 bits per heavy atom. The van der Waals surface area contributed by atoms with Crippen molar-refractivity contribution in [2.45, 2.75) is 18.9 Å². The highest BCUT2D eigenvalue weighted by molar-refractivity contribution is 7.99. The van der Waals surface area contributed by atoms with Gasteiger partial charge < -0.3 is 4.74 Å². The molecule has 0 bridgehead atoms. The van der Waals surface area contributed by atoms with Crippen LogP contribution in [0.5, 0.6) is 5.75 Å². The van der Waals surface area contributed by atoms with Crippen molar-refractivity contribution in [3.8, 4) is 5.75 Å². The van der Waals surface area contributed by atoms with Gasteiger partial charge in [-0.25, -0.2) is 4.79 Å². The summed E-state index contributed by atoms with van der Waals surface area (Å²) < 4.78 is 5.85. The lowest BCUT2D eigenvalue weighted by atomic mass is 10.2. The first kappa shape index (κ1) is 11.2. The summed E-state index contributed by atoms with van der Waals surface area (Å²) in [5.74, 6) is 2.97. The first-order chi connectivity index (χ1) is 7.90. The van der Waals surface area contributed by atoms with E-state index >= 15 is 0 Å². The Labute approximate surface area is 98.9 Å². The Kier molecular flexibility index (Phi) is 4.03. The van der Waals surface area contributed by atoms with Gasteiger partial charge in [-0.1, -0.05) is 12.1 Å². The van der Waals surface area contributed by atoms with E-state index in [9.17, 15) is 4.79 Å². The number of carbonyl (C=O) groups excluding carboxylic acids is 1. The average Bonchev–Trinajstić information content (AvgIpc) is 2.33. The van der Waals surface area contributed by atoms with Crippen LogP contribution in [0.3, 0.4) is 0 Å². The van der Waals surface area contributed by atoms with E-state index in [1.54, 1.807) is 12.1 Å². The number of nitrogens with zero attached hydrogens (tertiary/aromatic N) is 1. The van der Waals surface area contributed by atoms with E-state index in [0.29, 0.717) is 11.4 Å². The zero-order valence-corrected chi connectivity index (χ0v) is 9.70. The molecule has 1 aromatic carbocycles. The molecule has 0 aliphatic carbocycles. The molecule has 1 saturated heterocycles. The third-order valence-corrected chi connectivity index (χ3v) is 3.54. The van der Waals surface area contributed by atoms with E-state index in [0.717, 1.165) is 24.3 Å². The van der Waals surface area contributed by atoms with Gasteiger partial charge in [-0.2, -0.15) is 16.8 Å². The molecule has 0 N–H and O–H groups in total. The van der Waals surface area contributed by atoms with Crippen molar-refractivity contribution in [1.29, 1.82) is 0 Å². The second kappa shape index (κ2) is 5.73. The summed E-state index contributed by atoms with van der Waals surface area (Å²) in [5.41, 5.74) is 0.565. The second-order valence-corrected chi connectivity index (χ2v) is 4.83. The van der Waals surface area contributed by atoms with Crippen molar-refractivity contribution in [2.75, 3.05) is 11.5 Å². The number of rotatable bonds is 3. The lowest BCUT2D eigenvalue weighted by Crippen LogP contribution is -2.22. The highest BCUT2D eigenvalue weighted by Gasteiger charge is 2.16. The fraction of sp³-hybridized carbons (Fsp3) is 0.417. The Hall–Kier alpha value is -1.25. The van der Waals surface area contributed by atoms with Crippen LogP contribution in [0.15, 0.2) is 29.3 Å². The van der Waals surface area contributed by atoms with E-state index in [1.165, 1.54) is 0 Å². The van der Waals surface area contributed by atoms with Gasteiger partial charge in [-0.05, 0) is 36.5 Å². The zero-order valence-electron chi connectivity index (χ0n) is 8.89. The first-order valence-electron chi connectivity index (χ1n) is 5.31. The molecule has 2 rings (SSSR count). The summed E-state index contributed by atoms with van der Waals surface area (Å²) in [5, 5.41) is 0. The molecule has 0 unspecified atom stereocenters. The Balaban J connectivity index is 2.10. The molecule has 84 valence electrons. The normalized spacial score (nSPS) is 16.5. The van der Waals surface area contributed by atoms with E-state index < -0.39 is 0 Å². The number of hydrogen-bond donors (Lipinski definition) is 0. The van der Waals surface area contributed by atoms with Crippen LogP contribution in [-0.4, -0.2) is 23.7 Å². The van der Waals surface area contributed by atoms with Crippen molar-refractivity contribution >= 4 is 23.5 Å². The summed E-state index contributed by atoms with van der Waals surface area (Å²) in [6, 6.07) is 7.33. The molecule has 0 radical (unpaired) electrons. The predicted molar refractivity (Wildman–Crippen MR) is 65.2 cm³/mol. The third-order valence-electron chi connectivity index (χ3n) is 2.49. The molecule has 4 heteroatoms. The van der Waals surface area contributed by atoms with Crippen molar-refractivity contribution in [3.05, 3.63) is 24.3 Å². The molecule has 0 atom stereocenters. The topological polar surface area (TPSA) is 38.7 Å². The molecule has 1 aliphatic heterocycles. The highest BCUT2D eigenvalue weighted by atomic mass is 32.2. The Bertz CT molecular complexity index is 396. The fourth-order valence-corrected chi connectivity index (χ4v) is 2.73. The van der Waals surface area contributed by atoms with Gasteiger partial charge in [0.05, 0.1) is 0 Å². The van der Waals surface area contributed by atoms with Gasteiger partial charge in [-0.15, -0.1) is 0 Å². The molecular formula is C12H13NO2S. The predicted octanol–water partition coefficient (Wildman–Crippen LogP) is 2.93. The second-order valence-electron chi connectivity index (χ2n) is 3.60. The van der Waals surface area contributed by atoms with E-state index in [2.05, 4.69) is 4.99 Å². The largest absolute Gasteiger partial charge is 0.488 e. The number of hydrogen-bond acceptors (Lipinski definition) is 4. The molecule has 0 saturated carbocycles. The lowest BCUT2D eigenvalue weighted by molar-refractivity contribution is 0.193. The van der Waals surface area contributed by atoms with E-state index in [1.807, 2.05) is 30.0 Å². The number of aliphatic imine (C=N–C) groups is 1. The Morgan fingerprint density at radius 1 is 1.31 bits per heavy atom. The molecule has 3 nitrogen and oxygen atoms in total. The van der Waals surface area contributed by atoms with Crippen LogP contribution in [0.1, 0.15) is 12.8 Å². The summed E-state index contributed by atoms with van der Waals surface area (Å²) >= 11 is 1.96. The van der Waals surface area contributed by atoms with Crippen molar-refractivity contribution < 1.29 is 9.53 Å². The molecule has 1 fully saturated rings. The lowest BCUT2D eigenvalue weighted by Gasteiger charge is -2.23. The highest BCUT2D eigenvalue weighted by Crippen LogP contribution is 2.30. The van der Waals surface area contributed by atoms with Gasteiger partial charge in [0.15, 0.2) is 0 Å². The van der Waals surface area contributed by atoms with Gasteiger partial charge in [-0.3, -0.25) is 0 Å². The fourth-order valence-electron chi connectivity index (χ4n) is 1.67. The molecule has 16 heavy (non-hydrogen) atoms. The first-order valence-corrected chi connectivity index (χ1v) is 6.47. The quantitative estimate of drug-likeness (QED) is 0.597. The van der Waals surface area contributed by atoms with E-state index in [-0.39, 0.29) is 6.10 Å². The maximum Gasteiger partial charge on any atom is 0.240 e. The monoisotopic (exact) mass is 235 g/mol.